The van der Waals surface area contributed by atoms with Crippen LogP contribution in [0.4, 0.5) is 5.69 Å². The Morgan fingerprint density at radius 1 is 0.944 bits per heavy atom. The summed E-state index contributed by atoms with van der Waals surface area (Å²) in [5.74, 6) is 2.14. The van der Waals surface area contributed by atoms with Crippen molar-refractivity contribution in [2.75, 3.05) is 19.5 Å². The first-order valence-corrected chi connectivity index (χ1v) is 13.2. The number of rotatable bonds is 10. The van der Waals surface area contributed by atoms with E-state index in [2.05, 4.69) is 10.6 Å². The van der Waals surface area contributed by atoms with Gasteiger partial charge in [-0.15, -0.1) is 11.8 Å². The molecule has 0 aromatic heterocycles. The van der Waals surface area contributed by atoms with Gasteiger partial charge in [-0.25, -0.2) is 0 Å². The fourth-order valence-electron chi connectivity index (χ4n) is 4.36. The largest absolute Gasteiger partial charge is 0.497 e. The third kappa shape index (κ3) is 6.61. The molecule has 1 saturated carbocycles. The molecule has 3 aromatic carbocycles. The van der Waals surface area contributed by atoms with Gasteiger partial charge in [0.05, 0.1) is 19.9 Å². The Morgan fingerprint density at radius 2 is 1.75 bits per heavy atom. The van der Waals surface area contributed by atoms with E-state index in [9.17, 15) is 9.59 Å². The number of hydrogen-bond acceptors (Lipinski definition) is 5. The summed E-state index contributed by atoms with van der Waals surface area (Å²) >= 11 is 1.65. The number of ether oxygens (including phenoxy) is 2. The predicted octanol–water partition coefficient (Wildman–Crippen LogP) is 6.05. The highest BCUT2D eigenvalue weighted by atomic mass is 32.2. The summed E-state index contributed by atoms with van der Waals surface area (Å²) in [4.78, 5) is 26.5. The Kier molecular flexibility index (Phi) is 8.90. The third-order valence-electron chi connectivity index (χ3n) is 6.39. The summed E-state index contributed by atoms with van der Waals surface area (Å²) in [6.45, 7) is 0.346. The van der Waals surface area contributed by atoms with Crippen LogP contribution in [-0.4, -0.2) is 26.0 Å². The van der Waals surface area contributed by atoms with Gasteiger partial charge in [-0.05, 0) is 54.8 Å². The van der Waals surface area contributed by atoms with E-state index in [1.165, 1.54) is 0 Å². The number of methoxy groups -OCH3 is 2. The van der Waals surface area contributed by atoms with Crippen molar-refractivity contribution < 1.29 is 19.1 Å². The Morgan fingerprint density at radius 3 is 2.53 bits per heavy atom. The summed E-state index contributed by atoms with van der Waals surface area (Å²) in [6, 6.07) is 21.0. The molecular weight excluding hydrogens is 472 g/mol. The van der Waals surface area contributed by atoms with Crippen LogP contribution in [0.2, 0.25) is 0 Å². The van der Waals surface area contributed by atoms with Crippen LogP contribution in [0.1, 0.15) is 47.2 Å². The van der Waals surface area contributed by atoms with Crippen LogP contribution < -0.4 is 20.1 Å². The fourth-order valence-corrected chi connectivity index (χ4v) is 5.31. The zero-order chi connectivity index (χ0) is 25.3. The zero-order valence-corrected chi connectivity index (χ0v) is 21.5. The van der Waals surface area contributed by atoms with E-state index in [0.717, 1.165) is 47.4 Å². The van der Waals surface area contributed by atoms with Gasteiger partial charge in [-0.1, -0.05) is 37.1 Å². The number of amides is 2. The van der Waals surface area contributed by atoms with E-state index in [1.54, 1.807) is 32.0 Å². The van der Waals surface area contributed by atoms with E-state index < -0.39 is 0 Å². The molecule has 3 aromatic rings. The number of thioether (sulfide) groups is 1. The number of hydrogen-bond donors (Lipinski definition) is 2. The molecule has 2 amide bonds. The average Bonchev–Trinajstić information content (AvgIpc) is 3.47. The first kappa shape index (κ1) is 25.6. The highest BCUT2D eigenvalue weighted by molar-refractivity contribution is 7.98. The van der Waals surface area contributed by atoms with Crippen LogP contribution in [0.3, 0.4) is 0 Å². The van der Waals surface area contributed by atoms with Gasteiger partial charge >= 0.3 is 0 Å². The lowest BCUT2D eigenvalue weighted by Crippen LogP contribution is -2.23. The molecule has 4 rings (SSSR count). The highest BCUT2D eigenvalue weighted by Gasteiger charge is 2.23. The molecule has 0 unspecified atom stereocenters. The number of benzene rings is 3. The number of carbonyl (C=O) groups excluding carboxylic acids is 2. The van der Waals surface area contributed by atoms with Crippen molar-refractivity contribution >= 4 is 29.3 Å². The van der Waals surface area contributed by atoms with Gasteiger partial charge in [0.25, 0.3) is 5.91 Å². The fraction of sp³-hybridized carbons (Fsp3) is 0.310. The van der Waals surface area contributed by atoms with Crippen LogP contribution in [0, 0.1) is 5.92 Å². The second kappa shape index (κ2) is 12.5. The second-order valence-corrected chi connectivity index (χ2v) is 9.83. The third-order valence-corrected chi connectivity index (χ3v) is 7.53. The minimum Gasteiger partial charge on any atom is -0.497 e. The second-order valence-electron chi connectivity index (χ2n) is 8.82. The lowest BCUT2D eigenvalue weighted by molar-refractivity contribution is -0.119. The lowest BCUT2D eigenvalue weighted by atomic mass is 10.1. The van der Waals surface area contributed by atoms with Crippen molar-refractivity contribution in [3.63, 3.8) is 0 Å². The Hall–Kier alpha value is -3.45. The molecule has 0 bridgehead atoms. The Bertz CT molecular complexity index is 1210. The summed E-state index contributed by atoms with van der Waals surface area (Å²) in [5.41, 5.74) is 3.35. The van der Waals surface area contributed by atoms with Crippen LogP contribution >= 0.6 is 11.8 Å². The van der Waals surface area contributed by atoms with Crippen molar-refractivity contribution in [3.05, 3.63) is 83.4 Å². The van der Waals surface area contributed by atoms with Crippen molar-refractivity contribution in [2.24, 2.45) is 5.92 Å². The standard InChI is InChI=1S/C29H32N2O4S/c1-34-24-15-14-23(26(17-24)35-2)18-30-28(32)22-11-7-8-20(16-22)19-36-27-13-6-5-12-25(27)31-29(33)21-9-3-4-10-21/h5-8,11-17,21H,3-4,9-10,18-19H2,1-2H3,(H,30,32)(H,31,33). The van der Waals surface area contributed by atoms with Crippen molar-refractivity contribution in [1.82, 2.24) is 5.32 Å². The zero-order valence-electron chi connectivity index (χ0n) is 20.7. The van der Waals surface area contributed by atoms with Gasteiger partial charge in [-0.3, -0.25) is 9.59 Å². The Labute approximate surface area is 216 Å². The van der Waals surface area contributed by atoms with Gasteiger partial charge in [0.2, 0.25) is 5.91 Å². The number of carbonyl (C=O) groups is 2. The molecule has 0 radical (unpaired) electrons. The monoisotopic (exact) mass is 504 g/mol. The molecule has 6 nitrogen and oxygen atoms in total. The smallest absolute Gasteiger partial charge is 0.251 e. The van der Waals surface area contributed by atoms with Gasteiger partial charge in [-0.2, -0.15) is 0 Å². The first-order chi connectivity index (χ1) is 17.6. The van der Waals surface area contributed by atoms with Gasteiger partial charge in [0, 0.05) is 40.3 Å². The molecule has 7 heteroatoms. The van der Waals surface area contributed by atoms with E-state index in [1.807, 2.05) is 60.7 Å². The first-order valence-electron chi connectivity index (χ1n) is 12.2. The molecule has 1 aliphatic carbocycles. The molecule has 188 valence electrons. The summed E-state index contributed by atoms with van der Waals surface area (Å²) in [5, 5.41) is 6.10. The van der Waals surface area contributed by atoms with Crippen LogP contribution in [0.25, 0.3) is 0 Å². The van der Waals surface area contributed by atoms with Gasteiger partial charge in [0.1, 0.15) is 11.5 Å². The molecule has 1 aliphatic rings. The summed E-state index contributed by atoms with van der Waals surface area (Å²) in [7, 11) is 3.20. The van der Waals surface area contributed by atoms with E-state index in [4.69, 9.17) is 9.47 Å². The lowest BCUT2D eigenvalue weighted by Gasteiger charge is -2.14. The van der Waals surface area contributed by atoms with Crippen molar-refractivity contribution in [1.29, 1.82) is 0 Å². The van der Waals surface area contributed by atoms with Crippen molar-refractivity contribution in [2.45, 2.75) is 42.9 Å². The number of anilines is 1. The maximum atomic E-state index is 12.8. The highest BCUT2D eigenvalue weighted by Crippen LogP contribution is 2.32. The molecule has 0 atom stereocenters. The van der Waals surface area contributed by atoms with E-state index in [0.29, 0.717) is 29.4 Å². The minimum absolute atomic E-state index is 0.118. The molecular formula is C29H32N2O4S. The molecule has 2 N–H and O–H groups in total. The van der Waals surface area contributed by atoms with Crippen molar-refractivity contribution in [3.8, 4) is 11.5 Å². The average molecular weight is 505 g/mol. The summed E-state index contributed by atoms with van der Waals surface area (Å²) < 4.78 is 10.7. The topological polar surface area (TPSA) is 76.7 Å². The molecule has 0 spiro atoms. The molecule has 0 aliphatic heterocycles. The Balaban J connectivity index is 1.36. The molecule has 0 heterocycles. The number of para-hydroxylation sites is 1. The summed E-state index contributed by atoms with van der Waals surface area (Å²) in [6.07, 6.45) is 4.21. The maximum absolute atomic E-state index is 12.8. The van der Waals surface area contributed by atoms with Crippen LogP contribution in [-0.2, 0) is 17.1 Å². The molecule has 0 saturated heterocycles. The quantitative estimate of drug-likeness (QED) is 0.329. The van der Waals surface area contributed by atoms with Gasteiger partial charge in [0.15, 0.2) is 0 Å². The number of nitrogens with one attached hydrogen (secondary N) is 2. The predicted molar refractivity (Wildman–Crippen MR) is 144 cm³/mol. The molecule has 36 heavy (non-hydrogen) atoms. The normalized spacial score (nSPS) is 13.3. The SMILES string of the molecule is COc1ccc(CNC(=O)c2cccc(CSc3ccccc3NC(=O)C3CCCC3)c2)c(OC)c1. The van der Waals surface area contributed by atoms with E-state index >= 15 is 0 Å². The minimum atomic E-state index is -0.149. The van der Waals surface area contributed by atoms with Crippen LogP contribution in [0.5, 0.6) is 11.5 Å². The maximum Gasteiger partial charge on any atom is 0.251 e. The molecule has 1 fully saturated rings. The van der Waals surface area contributed by atoms with E-state index in [-0.39, 0.29) is 17.7 Å². The van der Waals surface area contributed by atoms with Crippen LogP contribution in [0.15, 0.2) is 71.6 Å². The van der Waals surface area contributed by atoms with Gasteiger partial charge < -0.3 is 20.1 Å².